The van der Waals surface area contributed by atoms with Crippen LogP contribution in [0.25, 0.3) is 0 Å². The van der Waals surface area contributed by atoms with Gasteiger partial charge in [0.15, 0.2) is 5.78 Å². The Hall–Kier alpha value is -1.00. The molecule has 0 spiro atoms. The maximum Gasteiger partial charge on any atom is 0.181 e. The summed E-state index contributed by atoms with van der Waals surface area (Å²) in [4.78, 5) is 12.6. The van der Waals surface area contributed by atoms with E-state index in [4.69, 9.17) is 16.8 Å². The van der Waals surface area contributed by atoms with Crippen LogP contribution in [0.4, 0.5) is 0 Å². The van der Waals surface area contributed by atoms with Crippen molar-refractivity contribution in [3.05, 3.63) is 29.3 Å². The topological polar surface area (TPSA) is 49.7 Å². The molecule has 5 heteroatoms. The van der Waals surface area contributed by atoms with E-state index in [1.54, 1.807) is 0 Å². The van der Waals surface area contributed by atoms with Gasteiger partial charge < -0.3 is 5.21 Å². The van der Waals surface area contributed by atoms with Crippen LogP contribution in [0.2, 0.25) is 5.02 Å². The molecule has 3 nitrogen and oxygen atoms in total. The first-order chi connectivity index (χ1) is 8.20. The number of nitrogens with zero attached hydrogens (tertiary/aromatic N) is 1. The van der Waals surface area contributed by atoms with E-state index in [-0.39, 0.29) is 16.7 Å². The third kappa shape index (κ3) is 3.01. The molecule has 1 atom stereocenters. The van der Waals surface area contributed by atoms with Crippen LogP contribution in [0.1, 0.15) is 19.3 Å². The molecular weight excluding hydrogens is 258 g/mol. The number of carbonyl (C=O) groups excluding carboxylic acids is 1. The van der Waals surface area contributed by atoms with Gasteiger partial charge in [0.25, 0.3) is 0 Å². The second-order valence-electron chi connectivity index (χ2n) is 3.86. The van der Waals surface area contributed by atoms with Gasteiger partial charge in [-0.1, -0.05) is 16.8 Å². The van der Waals surface area contributed by atoms with Gasteiger partial charge in [-0.05, 0) is 37.1 Å². The Bertz CT molecular complexity index is 444. The second-order valence-corrected chi connectivity index (χ2v) is 5.57. The molecule has 1 saturated carbocycles. The van der Waals surface area contributed by atoms with E-state index in [2.05, 4.69) is 5.16 Å². The van der Waals surface area contributed by atoms with Crippen LogP contribution < -0.4 is 0 Å². The Balaban J connectivity index is 2.12. The molecule has 0 heterocycles. The minimum atomic E-state index is -0.0533. The van der Waals surface area contributed by atoms with Crippen molar-refractivity contribution < 1.29 is 10.0 Å². The summed E-state index contributed by atoms with van der Waals surface area (Å²) in [5.74, 6) is -0.0507. The number of thioether (sulfide) groups is 1. The average molecular weight is 270 g/mol. The van der Waals surface area contributed by atoms with E-state index in [0.29, 0.717) is 11.4 Å². The molecule has 0 aliphatic heterocycles. The summed E-state index contributed by atoms with van der Waals surface area (Å²) in [6, 6.07) is 7.43. The maximum atomic E-state index is 11.6. The van der Waals surface area contributed by atoms with Crippen LogP contribution in [-0.4, -0.2) is 22.0 Å². The van der Waals surface area contributed by atoms with Crippen molar-refractivity contribution in [3.63, 3.8) is 0 Å². The van der Waals surface area contributed by atoms with Gasteiger partial charge in [0.1, 0.15) is 5.71 Å². The second kappa shape index (κ2) is 5.56. The van der Waals surface area contributed by atoms with E-state index >= 15 is 0 Å². The summed E-state index contributed by atoms with van der Waals surface area (Å²) in [6.45, 7) is 0. The number of hydrogen-bond donors (Lipinski definition) is 1. The first-order valence-corrected chi connectivity index (χ1v) is 6.64. The molecule has 1 aromatic rings. The molecule has 1 fully saturated rings. The number of hydrogen-bond acceptors (Lipinski definition) is 4. The van der Waals surface area contributed by atoms with Crippen LogP contribution >= 0.6 is 23.4 Å². The van der Waals surface area contributed by atoms with Gasteiger partial charge in [0.2, 0.25) is 0 Å². The van der Waals surface area contributed by atoms with Crippen LogP contribution in [-0.2, 0) is 4.79 Å². The lowest BCUT2D eigenvalue weighted by molar-refractivity contribution is -0.113. The Morgan fingerprint density at radius 2 is 2.06 bits per heavy atom. The maximum absolute atomic E-state index is 11.6. The lowest BCUT2D eigenvalue weighted by Crippen LogP contribution is -2.30. The Morgan fingerprint density at radius 3 is 2.71 bits per heavy atom. The summed E-state index contributed by atoms with van der Waals surface area (Å²) in [5.41, 5.74) is 0.288. The number of halogens is 1. The molecule has 0 radical (unpaired) electrons. The van der Waals surface area contributed by atoms with E-state index in [1.165, 1.54) is 11.8 Å². The molecule has 1 unspecified atom stereocenters. The predicted octanol–water partition coefficient (Wildman–Crippen LogP) is 3.38. The molecule has 1 aromatic carbocycles. The van der Waals surface area contributed by atoms with Gasteiger partial charge in [0, 0.05) is 16.3 Å². The molecule has 0 amide bonds. The first kappa shape index (κ1) is 12.5. The lowest BCUT2D eigenvalue weighted by atomic mass is 9.97. The van der Waals surface area contributed by atoms with Crippen LogP contribution in [0.5, 0.6) is 0 Å². The molecular formula is C12H12ClNO2S. The van der Waals surface area contributed by atoms with Crippen LogP contribution in [0, 0.1) is 0 Å². The fraction of sp³-hybridized carbons (Fsp3) is 0.333. The Morgan fingerprint density at radius 1 is 1.35 bits per heavy atom. The zero-order valence-corrected chi connectivity index (χ0v) is 10.7. The predicted molar refractivity (Wildman–Crippen MR) is 69.2 cm³/mol. The normalized spacial score (nSPS) is 23.0. The zero-order chi connectivity index (χ0) is 12.3. The van der Waals surface area contributed by atoms with Gasteiger partial charge in [0.05, 0.1) is 5.25 Å². The van der Waals surface area contributed by atoms with E-state index in [1.807, 2.05) is 24.3 Å². The van der Waals surface area contributed by atoms with Crippen molar-refractivity contribution in [2.45, 2.75) is 29.4 Å². The quantitative estimate of drug-likeness (QED) is 0.661. The Labute approximate surface area is 109 Å². The molecule has 17 heavy (non-hydrogen) atoms. The molecule has 1 aliphatic carbocycles. The van der Waals surface area contributed by atoms with Crippen molar-refractivity contribution >= 4 is 34.9 Å². The summed E-state index contributed by atoms with van der Waals surface area (Å²) < 4.78 is 0. The average Bonchev–Trinajstić information content (AvgIpc) is 2.32. The summed E-state index contributed by atoms with van der Waals surface area (Å²) in [7, 11) is 0. The third-order valence-corrected chi connectivity index (χ3v) is 4.20. The van der Waals surface area contributed by atoms with Crippen LogP contribution in [0.15, 0.2) is 34.3 Å². The minimum absolute atomic E-state index is 0.0507. The lowest BCUT2D eigenvalue weighted by Gasteiger charge is -2.21. The third-order valence-electron chi connectivity index (χ3n) is 2.66. The number of Topliss-reactive ketones (excluding diaryl/α,β-unsaturated/α-hetero) is 1. The smallest absolute Gasteiger partial charge is 0.181 e. The monoisotopic (exact) mass is 269 g/mol. The minimum Gasteiger partial charge on any atom is -0.411 e. The van der Waals surface area contributed by atoms with Crippen molar-refractivity contribution in [2.24, 2.45) is 5.16 Å². The Kier molecular flexibility index (Phi) is 4.07. The fourth-order valence-electron chi connectivity index (χ4n) is 1.80. The molecule has 90 valence electrons. The molecule has 0 aromatic heterocycles. The highest BCUT2D eigenvalue weighted by Crippen LogP contribution is 2.31. The van der Waals surface area contributed by atoms with E-state index in [0.717, 1.165) is 17.7 Å². The summed E-state index contributed by atoms with van der Waals surface area (Å²) in [6.07, 6.45) is 2.19. The molecule has 1 N–H and O–H groups in total. The zero-order valence-electron chi connectivity index (χ0n) is 9.10. The highest BCUT2D eigenvalue weighted by molar-refractivity contribution is 8.00. The summed E-state index contributed by atoms with van der Waals surface area (Å²) in [5, 5.41) is 12.7. The number of ketones is 1. The van der Waals surface area contributed by atoms with Gasteiger partial charge >= 0.3 is 0 Å². The highest BCUT2D eigenvalue weighted by Gasteiger charge is 2.28. The highest BCUT2D eigenvalue weighted by atomic mass is 35.5. The standard InChI is InChI=1S/C12H12ClNO2S/c13-8-4-6-9(7-5-8)17-11-3-1-2-10(15)12(11)14-16/h4-7,11,16H,1-3H2/b14-12+. The first-order valence-electron chi connectivity index (χ1n) is 5.38. The number of rotatable bonds is 2. The van der Waals surface area contributed by atoms with E-state index in [9.17, 15) is 4.79 Å². The largest absolute Gasteiger partial charge is 0.411 e. The number of carbonyl (C=O) groups is 1. The molecule has 1 aliphatic rings. The SMILES string of the molecule is O=C1CCCC(Sc2ccc(Cl)cc2)/C1=N/O. The molecule has 0 bridgehead atoms. The van der Waals surface area contributed by atoms with Gasteiger partial charge in [-0.25, -0.2) is 0 Å². The number of oxime groups is 1. The van der Waals surface area contributed by atoms with E-state index < -0.39 is 0 Å². The number of benzene rings is 1. The van der Waals surface area contributed by atoms with Crippen molar-refractivity contribution in [1.29, 1.82) is 0 Å². The van der Waals surface area contributed by atoms with Gasteiger partial charge in [-0.2, -0.15) is 0 Å². The summed E-state index contributed by atoms with van der Waals surface area (Å²) >= 11 is 7.35. The fourth-order valence-corrected chi connectivity index (χ4v) is 3.13. The van der Waals surface area contributed by atoms with Crippen molar-refractivity contribution in [1.82, 2.24) is 0 Å². The molecule has 2 rings (SSSR count). The van der Waals surface area contributed by atoms with Crippen LogP contribution in [0.3, 0.4) is 0 Å². The van der Waals surface area contributed by atoms with Gasteiger partial charge in [-0.15, -0.1) is 11.8 Å². The van der Waals surface area contributed by atoms with Crippen molar-refractivity contribution in [3.8, 4) is 0 Å². The van der Waals surface area contributed by atoms with Gasteiger partial charge in [-0.3, -0.25) is 4.79 Å². The molecule has 0 saturated heterocycles. The van der Waals surface area contributed by atoms with Crippen molar-refractivity contribution in [2.75, 3.05) is 0 Å².